The van der Waals surface area contributed by atoms with Crippen LogP contribution in [0.15, 0.2) is 54.6 Å². The van der Waals surface area contributed by atoms with Crippen molar-refractivity contribution in [2.75, 3.05) is 37.6 Å². The van der Waals surface area contributed by atoms with Gasteiger partial charge in [0.15, 0.2) is 0 Å². The summed E-state index contributed by atoms with van der Waals surface area (Å²) < 4.78 is 0. The van der Waals surface area contributed by atoms with Crippen LogP contribution in [0.5, 0.6) is 0 Å². The monoisotopic (exact) mass is 325 g/mol. The van der Waals surface area contributed by atoms with Crippen LogP contribution >= 0.6 is 0 Å². The molecule has 0 aliphatic carbocycles. The molecule has 24 heavy (non-hydrogen) atoms. The number of hydrogen-bond acceptors (Lipinski definition) is 4. The van der Waals surface area contributed by atoms with E-state index in [2.05, 4.69) is 34.1 Å². The minimum absolute atomic E-state index is 0.204. The van der Waals surface area contributed by atoms with Crippen molar-refractivity contribution >= 4 is 11.4 Å². The Morgan fingerprint density at radius 2 is 1.58 bits per heavy atom. The van der Waals surface area contributed by atoms with E-state index in [4.69, 9.17) is 0 Å². The Balaban J connectivity index is 1.48. The van der Waals surface area contributed by atoms with Crippen LogP contribution < -0.4 is 4.90 Å². The van der Waals surface area contributed by atoms with Gasteiger partial charge in [-0.3, -0.25) is 15.0 Å². The van der Waals surface area contributed by atoms with Gasteiger partial charge in [-0.25, -0.2) is 0 Å². The standard InChI is InChI=1S/C19H23N3O2/c23-22(24)19-11-5-4-10-18(19)21-15-13-20(14-16-21)12-6-9-17-7-2-1-3-8-17/h1-5,7-8,10-11H,6,9,12-16H2. The number of para-hydroxylation sites is 2. The summed E-state index contributed by atoms with van der Waals surface area (Å²) in [5.41, 5.74) is 2.33. The third-order valence-corrected chi connectivity index (χ3v) is 4.57. The van der Waals surface area contributed by atoms with Crippen molar-refractivity contribution in [2.45, 2.75) is 12.8 Å². The second kappa shape index (κ2) is 7.93. The fourth-order valence-corrected chi connectivity index (χ4v) is 3.25. The van der Waals surface area contributed by atoms with E-state index in [1.165, 1.54) is 5.56 Å². The van der Waals surface area contributed by atoms with Gasteiger partial charge in [-0.1, -0.05) is 42.5 Å². The van der Waals surface area contributed by atoms with E-state index in [0.29, 0.717) is 0 Å². The van der Waals surface area contributed by atoms with E-state index >= 15 is 0 Å². The van der Waals surface area contributed by atoms with E-state index in [1.54, 1.807) is 12.1 Å². The van der Waals surface area contributed by atoms with Crippen molar-refractivity contribution in [2.24, 2.45) is 0 Å². The molecular formula is C19H23N3O2. The number of nitro benzene ring substituents is 1. The van der Waals surface area contributed by atoms with Crippen LogP contribution in [-0.4, -0.2) is 42.5 Å². The zero-order chi connectivity index (χ0) is 16.8. The van der Waals surface area contributed by atoms with Crippen molar-refractivity contribution in [3.63, 3.8) is 0 Å². The Morgan fingerprint density at radius 1 is 0.917 bits per heavy atom. The molecule has 0 amide bonds. The number of hydrogen-bond donors (Lipinski definition) is 0. The van der Waals surface area contributed by atoms with Crippen molar-refractivity contribution < 1.29 is 4.92 Å². The lowest BCUT2D eigenvalue weighted by Gasteiger charge is -2.35. The number of piperazine rings is 1. The SMILES string of the molecule is O=[N+]([O-])c1ccccc1N1CCN(CCCc2ccccc2)CC1. The molecule has 1 aliphatic rings. The molecule has 0 saturated carbocycles. The van der Waals surface area contributed by atoms with Crippen molar-refractivity contribution in [3.8, 4) is 0 Å². The van der Waals surface area contributed by atoms with Crippen molar-refractivity contribution in [1.82, 2.24) is 4.90 Å². The molecule has 1 heterocycles. The summed E-state index contributed by atoms with van der Waals surface area (Å²) in [6.45, 7) is 4.69. The average Bonchev–Trinajstić information content (AvgIpc) is 2.63. The number of benzene rings is 2. The Hall–Kier alpha value is -2.40. The molecule has 0 aromatic heterocycles. The van der Waals surface area contributed by atoms with E-state index < -0.39 is 0 Å². The van der Waals surface area contributed by atoms with Gasteiger partial charge in [0.05, 0.1) is 4.92 Å². The summed E-state index contributed by atoms with van der Waals surface area (Å²) >= 11 is 0. The molecule has 1 saturated heterocycles. The van der Waals surface area contributed by atoms with Crippen LogP contribution in [-0.2, 0) is 6.42 Å². The minimum atomic E-state index is -0.290. The molecule has 5 nitrogen and oxygen atoms in total. The molecule has 1 aliphatic heterocycles. The first-order valence-corrected chi connectivity index (χ1v) is 8.49. The predicted molar refractivity (Wildman–Crippen MR) is 96.5 cm³/mol. The Kier molecular flexibility index (Phi) is 5.43. The van der Waals surface area contributed by atoms with Crippen LogP contribution in [0.3, 0.4) is 0 Å². The first-order chi connectivity index (χ1) is 11.7. The van der Waals surface area contributed by atoms with Gasteiger partial charge in [0, 0.05) is 32.2 Å². The summed E-state index contributed by atoms with van der Waals surface area (Å²) in [5, 5.41) is 11.2. The molecule has 2 aromatic carbocycles. The van der Waals surface area contributed by atoms with Crippen molar-refractivity contribution in [3.05, 3.63) is 70.3 Å². The smallest absolute Gasteiger partial charge is 0.292 e. The maximum atomic E-state index is 11.2. The highest BCUT2D eigenvalue weighted by atomic mass is 16.6. The molecular weight excluding hydrogens is 302 g/mol. The first kappa shape index (κ1) is 16.5. The maximum Gasteiger partial charge on any atom is 0.292 e. The number of aryl methyl sites for hydroxylation is 1. The van der Waals surface area contributed by atoms with Crippen LogP contribution in [0, 0.1) is 10.1 Å². The largest absolute Gasteiger partial charge is 0.363 e. The van der Waals surface area contributed by atoms with Crippen LogP contribution in [0.2, 0.25) is 0 Å². The summed E-state index contributed by atoms with van der Waals surface area (Å²) in [7, 11) is 0. The Morgan fingerprint density at radius 3 is 2.29 bits per heavy atom. The minimum Gasteiger partial charge on any atom is -0.363 e. The number of nitrogens with zero attached hydrogens (tertiary/aromatic N) is 3. The molecule has 2 aromatic rings. The van der Waals surface area contributed by atoms with Gasteiger partial charge in [0.25, 0.3) is 5.69 Å². The highest BCUT2D eigenvalue weighted by molar-refractivity contribution is 5.63. The highest BCUT2D eigenvalue weighted by Crippen LogP contribution is 2.28. The Bertz CT molecular complexity index is 667. The molecule has 0 radical (unpaired) electrons. The maximum absolute atomic E-state index is 11.2. The molecule has 5 heteroatoms. The Labute approximate surface area is 142 Å². The zero-order valence-corrected chi connectivity index (χ0v) is 13.8. The zero-order valence-electron chi connectivity index (χ0n) is 13.8. The number of rotatable bonds is 6. The molecule has 3 rings (SSSR count). The van der Waals surface area contributed by atoms with E-state index in [-0.39, 0.29) is 10.6 Å². The van der Waals surface area contributed by atoms with Gasteiger partial charge in [-0.2, -0.15) is 0 Å². The molecule has 1 fully saturated rings. The fraction of sp³-hybridized carbons (Fsp3) is 0.368. The van der Waals surface area contributed by atoms with Crippen molar-refractivity contribution in [1.29, 1.82) is 0 Å². The molecule has 0 N–H and O–H groups in total. The summed E-state index contributed by atoms with van der Waals surface area (Å²) in [6.07, 6.45) is 2.25. The topological polar surface area (TPSA) is 49.6 Å². The normalized spacial score (nSPS) is 15.4. The molecule has 0 atom stereocenters. The molecule has 0 unspecified atom stereocenters. The van der Waals surface area contributed by atoms with E-state index in [0.717, 1.165) is 51.3 Å². The molecule has 0 spiro atoms. The quantitative estimate of drug-likeness (QED) is 0.604. The van der Waals surface area contributed by atoms with Gasteiger partial charge in [-0.05, 0) is 31.0 Å². The lowest BCUT2D eigenvalue weighted by molar-refractivity contribution is -0.384. The van der Waals surface area contributed by atoms with Crippen LogP contribution in [0.4, 0.5) is 11.4 Å². The van der Waals surface area contributed by atoms with E-state index in [9.17, 15) is 10.1 Å². The third-order valence-electron chi connectivity index (χ3n) is 4.57. The first-order valence-electron chi connectivity index (χ1n) is 8.49. The van der Waals surface area contributed by atoms with Gasteiger partial charge >= 0.3 is 0 Å². The fourth-order valence-electron chi connectivity index (χ4n) is 3.25. The molecule has 0 bridgehead atoms. The lowest BCUT2D eigenvalue weighted by Crippen LogP contribution is -2.46. The van der Waals surface area contributed by atoms with Crippen LogP contribution in [0.1, 0.15) is 12.0 Å². The van der Waals surface area contributed by atoms with Gasteiger partial charge in [-0.15, -0.1) is 0 Å². The highest BCUT2D eigenvalue weighted by Gasteiger charge is 2.22. The predicted octanol–water partition coefficient (Wildman–Crippen LogP) is 3.35. The summed E-state index contributed by atoms with van der Waals surface area (Å²) in [4.78, 5) is 15.5. The van der Waals surface area contributed by atoms with Gasteiger partial charge in [0.2, 0.25) is 0 Å². The second-order valence-electron chi connectivity index (χ2n) is 6.16. The molecule has 126 valence electrons. The van der Waals surface area contributed by atoms with E-state index in [1.807, 2.05) is 18.2 Å². The van der Waals surface area contributed by atoms with Gasteiger partial charge in [0.1, 0.15) is 5.69 Å². The summed E-state index contributed by atoms with van der Waals surface area (Å²) in [6, 6.07) is 17.6. The summed E-state index contributed by atoms with van der Waals surface area (Å²) in [5.74, 6) is 0. The number of nitro groups is 1. The number of anilines is 1. The lowest BCUT2D eigenvalue weighted by atomic mass is 10.1. The van der Waals surface area contributed by atoms with Gasteiger partial charge < -0.3 is 4.90 Å². The van der Waals surface area contributed by atoms with Crippen LogP contribution in [0.25, 0.3) is 0 Å². The second-order valence-corrected chi connectivity index (χ2v) is 6.16. The third kappa shape index (κ3) is 4.11. The average molecular weight is 325 g/mol.